The van der Waals surface area contributed by atoms with Crippen molar-refractivity contribution in [1.82, 2.24) is 15.5 Å². The van der Waals surface area contributed by atoms with Crippen LogP contribution in [0.3, 0.4) is 0 Å². The van der Waals surface area contributed by atoms with Crippen LogP contribution in [-0.2, 0) is 4.79 Å². The van der Waals surface area contributed by atoms with Gasteiger partial charge in [0.1, 0.15) is 6.04 Å². The molecular weight excluding hydrogens is 361 g/mol. The number of nitrogens with zero attached hydrogens (tertiary/aromatic N) is 1. The van der Waals surface area contributed by atoms with Gasteiger partial charge < -0.3 is 15.5 Å². The van der Waals surface area contributed by atoms with Crippen LogP contribution in [0.2, 0.25) is 5.02 Å². The second-order valence-electron chi connectivity index (χ2n) is 6.48. The van der Waals surface area contributed by atoms with Crippen molar-refractivity contribution < 1.29 is 9.59 Å². The fourth-order valence-corrected chi connectivity index (χ4v) is 2.96. The lowest BCUT2D eigenvalue weighted by Crippen LogP contribution is -2.58. The number of rotatable bonds is 5. The topological polar surface area (TPSA) is 61.4 Å². The van der Waals surface area contributed by atoms with E-state index in [2.05, 4.69) is 17.6 Å². The molecule has 1 aliphatic rings. The molecule has 0 aromatic heterocycles. The fourth-order valence-electron chi connectivity index (χ4n) is 2.84. The zero-order chi connectivity index (χ0) is 17.7. The van der Waals surface area contributed by atoms with Crippen LogP contribution in [0.15, 0.2) is 24.3 Å². The van der Waals surface area contributed by atoms with E-state index >= 15 is 0 Å². The van der Waals surface area contributed by atoms with Crippen molar-refractivity contribution >= 4 is 35.8 Å². The Morgan fingerprint density at radius 2 is 2.00 bits per heavy atom. The van der Waals surface area contributed by atoms with Gasteiger partial charge >= 0.3 is 0 Å². The van der Waals surface area contributed by atoms with E-state index in [1.807, 2.05) is 18.7 Å². The molecule has 0 radical (unpaired) electrons. The highest BCUT2D eigenvalue weighted by atomic mass is 35.5. The van der Waals surface area contributed by atoms with Crippen LogP contribution in [0.4, 0.5) is 0 Å². The predicted molar refractivity (Wildman–Crippen MR) is 103 cm³/mol. The second kappa shape index (κ2) is 10.00. The first-order chi connectivity index (χ1) is 11.4. The molecule has 140 valence electrons. The van der Waals surface area contributed by atoms with Crippen molar-refractivity contribution in [2.24, 2.45) is 5.92 Å². The molecule has 3 unspecified atom stereocenters. The zero-order valence-corrected chi connectivity index (χ0v) is 16.5. The van der Waals surface area contributed by atoms with Gasteiger partial charge in [0, 0.05) is 36.3 Å². The van der Waals surface area contributed by atoms with Gasteiger partial charge in [-0.25, -0.2) is 0 Å². The van der Waals surface area contributed by atoms with Crippen LogP contribution in [0, 0.1) is 5.92 Å². The van der Waals surface area contributed by atoms with Gasteiger partial charge in [0.25, 0.3) is 5.91 Å². The van der Waals surface area contributed by atoms with Crippen LogP contribution >= 0.6 is 24.0 Å². The summed E-state index contributed by atoms with van der Waals surface area (Å²) >= 11 is 5.86. The van der Waals surface area contributed by atoms with E-state index in [0.717, 1.165) is 13.0 Å². The number of carbonyl (C=O) groups is 2. The number of benzene rings is 1. The summed E-state index contributed by atoms with van der Waals surface area (Å²) in [4.78, 5) is 27.3. The SMILES string of the molecule is CCC(C)C(NC(=O)c1ccc(Cl)cc1)C(=O)N1CCNC(C)C1.Cl. The number of halogens is 2. The molecule has 2 N–H and O–H groups in total. The highest BCUT2D eigenvalue weighted by molar-refractivity contribution is 6.30. The van der Waals surface area contributed by atoms with E-state index in [1.165, 1.54) is 0 Å². The largest absolute Gasteiger partial charge is 0.340 e. The Kier molecular flexibility index (Phi) is 8.69. The van der Waals surface area contributed by atoms with E-state index in [0.29, 0.717) is 23.7 Å². The molecule has 7 heteroatoms. The Labute approximate surface area is 160 Å². The monoisotopic (exact) mass is 387 g/mol. The summed E-state index contributed by atoms with van der Waals surface area (Å²) in [7, 11) is 0. The molecule has 2 amide bonds. The van der Waals surface area contributed by atoms with Gasteiger partial charge in [-0.05, 0) is 37.1 Å². The van der Waals surface area contributed by atoms with E-state index < -0.39 is 6.04 Å². The van der Waals surface area contributed by atoms with Crippen LogP contribution in [-0.4, -0.2) is 48.4 Å². The molecule has 3 atom stereocenters. The first kappa shape index (κ1) is 21.7. The van der Waals surface area contributed by atoms with Crippen molar-refractivity contribution in [3.05, 3.63) is 34.9 Å². The molecule has 0 spiro atoms. The molecule has 1 fully saturated rings. The summed E-state index contributed by atoms with van der Waals surface area (Å²) in [5.74, 6) is -0.174. The Morgan fingerprint density at radius 3 is 2.56 bits per heavy atom. The minimum absolute atomic E-state index is 0. The standard InChI is InChI=1S/C18H26ClN3O2.ClH/c1-4-12(2)16(18(24)22-10-9-20-13(3)11-22)21-17(23)14-5-7-15(19)8-6-14;/h5-8,12-13,16,20H,4,9-11H2,1-3H3,(H,21,23);1H. The molecule has 25 heavy (non-hydrogen) atoms. The Balaban J connectivity index is 0.00000312. The fraction of sp³-hybridized carbons (Fsp3) is 0.556. The number of hydrogen-bond donors (Lipinski definition) is 2. The number of nitrogens with one attached hydrogen (secondary N) is 2. The Bertz CT molecular complexity index is 580. The third kappa shape index (κ3) is 5.87. The van der Waals surface area contributed by atoms with Crippen molar-refractivity contribution in [3.63, 3.8) is 0 Å². The number of carbonyl (C=O) groups excluding carboxylic acids is 2. The smallest absolute Gasteiger partial charge is 0.251 e. The van der Waals surface area contributed by atoms with E-state index in [4.69, 9.17) is 11.6 Å². The summed E-state index contributed by atoms with van der Waals surface area (Å²) in [6, 6.07) is 6.45. The lowest BCUT2D eigenvalue weighted by molar-refractivity contribution is -0.135. The third-order valence-corrected chi connectivity index (χ3v) is 4.80. The van der Waals surface area contributed by atoms with E-state index in [1.54, 1.807) is 24.3 Å². The first-order valence-electron chi connectivity index (χ1n) is 8.51. The van der Waals surface area contributed by atoms with Crippen LogP contribution in [0.25, 0.3) is 0 Å². The number of hydrogen-bond acceptors (Lipinski definition) is 3. The molecule has 0 saturated carbocycles. The van der Waals surface area contributed by atoms with Crippen molar-refractivity contribution in [3.8, 4) is 0 Å². The number of amides is 2. The van der Waals surface area contributed by atoms with Crippen molar-refractivity contribution in [2.45, 2.75) is 39.3 Å². The minimum Gasteiger partial charge on any atom is -0.340 e. The van der Waals surface area contributed by atoms with Crippen molar-refractivity contribution in [1.29, 1.82) is 0 Å². The highest BCUT2D eigenvalue weighted by Gasteiger charge is 2.31. The van der Waals surface area contributed by atoms with Crippen LogP contribution < -0.4 is 10.6 Å². The molecule has 2 rings (SSSR count). The van der Waals surface area contributed by atoms with Gasteiger partial charge in [-0.2, -0.15) is 0 Å². The molecule has 1 saturated heterocycles. The van der Waals surface area contributed by atoms with Gasteiger partial charge in [0.05, 0.1) is 0 Å². The van der Waals surface area contributed by atoms with Crippen molar-refractivity contribution in [2.75, 3.05) is 19.6 Å². The average molecular weight is 388 g/mol. The number of piperazine rings is 1. The minimum atomic E-state index is -0.511. The van der Waals surface area contributed by atoms with Crippen LogP contribution in [0.1, 0.15) is 37.6 Å². The molecule has 1 heterocycles. The first-order valence-corrected chi connectivity index (χ1v) is 8.88. The van der Waals surface area contributed by atoms with Crippen LogP contribution in [0.5, 0.6) is 0 Å². The summed E-state index contributed by atoms with van der Waals surface area (Å²) < 4.78 is 0. The van der Waals surface area contributed by atoms with Gasteiger partial charge in [-0.1, -0.05) is 31.9 Å². The summed E-state index contributed by atoms with van der Waals surface area (Å²) in [6.45, 7) is 8.21. The van der Waals surface area contributed by atoms with E-state index in [-0.39, 0.29) is 36.2 Å². The maximum Gasteiger partial charge on any atom is 0.251 e. The molecule has 0 aliphatic carbocycles. The molecule has 1 aliphatic heterocycles. The maximum atomic E-state index is 12.9. The molecule has 0 bridgehead atoms. The summed E-state index contributed by atoms with van der Waals surface area (Å²) in [6.07, 6.45) is 0.818. The quantitative estimate of drug-likeness (QED) is 0.816. The molecule has 1 aromatic carbocycles. The lowest BCUT2D eigenvalue weighted by atomic mass is 9.96. The normalized spacial score (nSPS) is 19.5. The lowest BCUT2D eigenvalue weighted by Gasteiger charge is -2.36. The van der Waals surface area contributed by atoms with Gasteiger partial charge in [0.15, 0.2) is 0 Å². The zero-order valence-electron chi connectivity index (χ0n) is 14.9. The summed E-state index contributed by atoms with van der Waals surface area (Å²) in [5, 5.41) is 6.83. The predicted octanol–water partition coefficient (Wildman–Crippen LogP) is 2.73. The highest BCUT2D eigenvalue weighted by Crippen LogP contribution is 2.15. The Hall–Kier alpha value is -1.30. The summed E-state index contributed by atoms with van der Waals surface area (Å²) in [5.41, 5.74) is 0.509. The van der Waals surface area contributed by atoms with Gasteiger partial charge in [-0.15, -0.1) is 12.4 Å². The third-order valence-electron chi connectivity index (χ3n) is 4.55. The molecule has 5 nitrogen and oxygen atoms in total. The maximum absolute atomic E-state index is 12.9. The molecular formula is C18H27Cl2N3O2. The van der Waals surface area contributed by atoms with Gasteiger partial charge in [0.2, 0.25) is 5.91 Å². The Morgan fingerprint density at radius 1 is 1.36 bits per heavy atom. The van der Waals surface area contributed by atoms with Gasteiger partial charge in [-0.3, -0.25) is 9.59 Å². The van der Waals surface area contributed by atoms with E-state index in [9.17, 15) is 9.59 Å². The second-order valence-corrected chi connectivity index (χ2v) is 6.92. The molecule has 1 aromatic rings. The average Bonchev–Trinajstić information content (AvgIpc) is 2.58.